The second-order valence-corrected chi connectivity index (χ2v) is 9.37. The molecule has 1 fully saturated rings. The van der Waals surface area contributed by atoms with Crippen molar-refractivity contribution >= 4 is 57.8 Å². The molecule has 3 aromatic carbocycles. The highest BCUT2D eigenvalue weighted by Crippen LogP contribution is 2.34. The van der Waals surface area contributed by atoms with Crippen molar-refractivity contribution in [2.24, 2.45) is 0 Å². The summed E-state index contributed by atoms with van der Waals surface area (Å²) in [5, 5.41) is 1.53. The lowest BCUT2D eigenvalue weighted by Crippen LogP contribution is -2.44. The fourth-order valence-electron chi connectivity index (χ4n) is 3.15. The van der Waals surface area contributed by atoms with E-state index < -0.39 is 11.8 Å². The van der Waals surface area contributed by atoms with Crippen molar-refractivity contribution in [2.45, 2.75) is 6.61 Å². The van der Waals surface area contributed by atoms with Gasteiger partial charge in [-0.1, -0.05) is 47.6 Å². The molecule has 1 N–H and O–H groups in total. The Labute approximate surface area is 215 Å². The van der Waals surface area contributed by atoms with Gasteiger partial charge in [-0.15, -0.1) is 0 Å². The molecular weight excluding hydrogens is 511 g/mol. The smallest absolute Gasteiger partial charge is 0.285 e. The van der Waals surface area contributed by atoms with Gasteiger partial charge < -0.3 is 9.47 Å². The van der Waals surface area contributed by atoms with Gasteiger partial charge in [-0.25, -0.2) is 4.39 Å². The first-order valence-electron chi connectivity index (χ1n) is 10.2. The van der Waals surface area contributed by atoms with Crippen molar-refractivity contribution in [1.29, 1.82) is 0 Å². The summed E-state index contributed by atoms with van der Waals surface area (Å²) in [6, 6.07) is 17.7. The van der Waals surface area contributed by atoms with Gasteiger partial charge in [0, 0.05) is 16.1 Å². The first kappa shape index (κ1) is 24.7. The Hall–Kier alpha value is -3.40. The lowest BCUT2D eigenvalue weighted by atomic mass is 10.1. The normalized spacial score (nSPS) is 14.4. The van der Waals surface area contributed by atoms with E-state index in [0.29, 0.717) is 38.1 Å². The van der Waals surface area contributed by atoms with Crippen LogP contribution in [-0.4, -0.2) is 28.3 Å². The average molecular weight is 529 g/mol. The lowest BCUT2D eigenvalue weighted by molar-refractivity contribution is -0.123. The molecule has 4 rings (SSSR count). The van der Waals surface area contributed by atoms with Gasteiger partial charge in [-0.2, -0.15) is 5.01 Å². The molecule has 6 nitrogen and oxygen atoms in total. The standard InChI is InChI=1S/C25H18ClFN2O4S2/c1-32-21-12-15(6-11-20(21)33-14-17-4-2-3-5-19(17)27)13-22-24(31)29(25(34)35-22)28-23(30)16-7-9-18(26)10-8-16/h2-13H,14H2,1H3,(H,28,30)/b22-13+. The summed E-state index contributed by atoms with van der Waals surface area (Å²) in [4.78, 5) is 25.7. The number of hydrazine groups is 1. The van der Waals surface area contributed by atoms with E-state index >= 15 is 0 Å². The molecule has 0 atom stereocenters. The number of carbonyl (C=O) groups is 2. The maximum Gasteiger partial charge on any atom is 0.285 e. The predicted octanol–water partition coefficient (Wildman–Crippen LogP) is 5.61. The first-order valence-corrected chi connectivity index (χ1v) is 11.8. The zero-order chi connectivity index (χ0) is 24.9. The van der Waals surface area contributed by atoms with Crippen molar-refractivity contribution in [1.82, 2.24) is 10.4 Å². The zero-order valence-corrected chi connectivity index (χ0v) is 20.7. The minimum atomic E-state index is -0.489. The largest absolute Gasteiger partial charge is 0.493 e. The molecule has 0 saturated carbocycles. The van der Waals surface area contributed by atoms with Crippen LogP contribution < -0.4 is 14.9 Å². The molecule has 3 aromatic rings. The number of amides is 2. The quantitative estimate of drug-likeness (QED) is 0.317. The highest BCUT2D eigenvalue weighted by atomic mass is 35.5. The Morgan fingerprint density at radius 1 is 1.14 bits per heavy atom. The Kier molecular flexibility index (Phi) is 7.70. The second kappa shape index (κ2) is 10.9. The third-order valence-electron chi connectivity index (χ3n) is 4.94. The van der Waals surface area contributed by atoms with E-state index in [0.717, 1.165) is 16.8 Å². The number of rotatable bonds is 7. The highest BCUT2D eigenvalue weighted by molar-refractivity contribution is 8.26. The Morgan fingerprint density at radius 2 is 1.89 bits per heavy atom. The molecule has 178 valence electrons. The summed E-state index contributed by atoms with van der Waals surface area (Å²) >= 11 is 12.2. The number of thioether (sulfide) groups is 1. The molecule has 1 saturated heterocycles. The number of nitrogens with one attached hydrogen (secondary N) is 1. The van der Waals surface area contributed by atoms with Crippen LogP contribution in [0.15, 0.2) is 71.6 Å². The molecule has 1 heterocycles. The predicted molar refractivity (Wildman–Crippen MR) is 138 cm³/mol. The van der Waals surface area contributed by atoms with Crippen LogP contribution in [0.1, 0.15) is 21.5 Å². The molecule has 1 aliphatic heterocycles. The molecule has 0 radical (unpaired) electrons. The van der Waals surface area contributed by atoms with Gasteiger partial charge in [-0.05, 0) is 66.3 Å². The van der Waals surface area contributed by atoms with E-state index in [1.807, 2.05) is 0 Å². The molecule has 10 heteroatoms. The van der Waals surface area contributed by atoms with Crippen LogP contribution >= 0.6 is 35.6 Å². The number of carbonyl (C=O) groups excluding carboxylic acids is 2. The molecule has 0 aromatic heterocycles. The minimum Gasteiger partial charge on any atom is -0.493 e. The van der Waals surface area contributed by atoms with Crippen LogP contribution in [0.2, 0.25) is 5.02 Å². The van der Waals surface area contributed by atoms with Crippen molar-refractivity contribution in [2.75, 3.05) is 7.11 Å². The fourth-order valence-corrected chi connectivity index (χ4v) is 4.45. The van der Waals surface area contributed by atoms with E-state index in [1.165, 1.54) is 13.2 Å². The van der Waals surface area contributed by atoms with E-state index in [-0.39, 0.29) is 16.7 Å². The van der Waals surface area contributed by atoms with Gasteiger partial charge in [-0.3, -0.25) is 15.0 Å². The lowest BCUT2D eigenvalue weighted by Gasteiger charge is -2.15. The van der Waals surface area contributed by atoms with Crippen LogP contribution in [0.4, 0.5) is 4.39 Å². The topological polar surface area (TPSA) is 67.9 Å². The molecule has 35 heavy (non-hydrogen) atoms. The molecule has 1 aliphatic rings. The van der Waals surface area contributed by atoms with Gasteiger partial charge in [0.1, 0.15) is 12.4 Å². The molecule has 0 unspecified atom stereocenters. The molecule has 2 amide bonds. The number of benzene rings is 3. The first-order chi connectivity index (χ1) is 16.9. The molecule has 0 aliphatic carbocycles. The van der Waals surface area contributed by atoms with Crippen LogP contribution in [-0.2, 0) is 11.4 Å². The van der Waals surface area contributed by atoms with Crippen molar-refractivity contribution in [3.8, 4) is 11.5 Å². The van der Waals surface area contributed by atoms with Gasteiger partial charge >= 0.3 is 0 Å². The van der Waals surface area contributed by atoms with Gasteiger partial charge in [0.15, 0.2) is 15.8 Å². The second-order valence-electron chi connectivity index (χ2n) is 7.26. The maximum atomic E-state index is 13.9. The summed E-state index contributed by atoms with van der Waals surface area (Å²) in [5.41, 5.74) is 3.93. The third kappa shape index (κ3) is 5.82. The monoisotopic (exact) mass is 528 g/mol. The van der Waals surface area contributed by atoms with Crippen LogP contribution in [0.25, 0.3) is 6.08 Å². The Balaban J connectivity index is 1.47. The summed E-state index contributed by atoms with van der Waals surface area (Å²) < 4.78 is 25.2. The third-order valence-corrected chi connectivity index (χ3v) is 6.49. The number of halogens is 2. The summed E-state index contributed by atoms with van der Waals surface area (Å²) in [6.07, 6.45) is 1.64. The number of ether oxygens (including phenoxy) is 2. The summed E-state index contributed by atoms with van der Waals surface area (Å²) in [7, 11) is 1.49. The number of thiocarbonyl (C=S) groups is 1. The van der Waals surface area contributed by atoms with Crippen molar-refractivity contribution in [3.63, 3.8) is 0 Å². The maximum absolute atomic E-state index is 13.9. The molecule has 0 spiro atoms. The van der Waals surface area contributed by atoms with E-state index in [2.05, 4.69) is 5.43 Å². The van der Waals surface area contributed by atoms with Crippen molar-refractivity contribution in [3.05, 3.63) is 99.2 Å². The fraction of sp³-hybridized carbons (Fsp3) is 0.0800. The van der Waals surface area contributed by atoms with Gasteiger partial charge in [0.25, 0.3) is 11.8 Å². The highest BCUT2D eigenvalue weighted by Gasteiger charge is 2.33. The number of hydrogen-bond donors (Lipinski definition) is 1. The summed E-state index contributed by atoms with van der Waals surface area (Å²) in [6.45, 7) is 0.0361. The van der Waals surface area contributed by atoms with Crippen molar-refractivity contribution < 1.29 is 23.5 Å². The summed E-state index contributed by atoms with van der Waals surface area (Å²) in [5.74, 6) is -0.455. The number of methoxy groups -OCH3 is 1. The SMILES string of the molecule is COc1cc(/C=C2/SC(=S)N(NC(=O)c3ccc(Cl)cc3)C2=O)ccc1OCc1ccccc1F. The van der Waals surface area contributed by atoms with E-state index in [1.54, 1.807) is 66.7 Å². The molecular formula is C25H18ClFN2O4S2. The number of nitrogens with zero attached hydrogens (tertiary/aromatic N) is 1. The van der Waals surface area contributed by atoms with E-state index in [9.17, 15) is 14.0 Å². The van der Waals surface area contributed by atoms with Crippen LogP contribution in [0.3, 0.4) is 0 Å². The number of hydrogen-bond acceptors (Lipinski definition) is 6. The molecule has 0 bridgehead atoms. The minimum absolute atomic E-state index is 0.0361. The Bertz CT molecular complexity index is 1330. The van der Waals surface area contributed by atoms with Gasteiger partial charge in [0.05, 0.1) is 12.0 Å². The average Bonchev–Trinajstić information content (AvgIpc) is 3.11. The van der Waals surface area contributed by atoms with Crippen LogP contribution in [0.5, 0.6) is 11.5 Å². The van der Waals surface area contributed by atoms with Crippen LogP contribution in [0, 0.1) is 5.82 Å². The van der Waals surface area contributed by atoms with E-state index in [4.69, 9.17) is 33.3 Å². The zero-order valence-electron chi connectivity index (χ0n) is 18.3. The van der Waals surface area contributed by atoms with Gasteiger partial charge in [0.2, 0.25) is 0 Å². The Morgan fingerprint density at radius 3 is 2.60 bits per heavy atom.